The first-order valence-corrected chi connectivity index (χ1v) is 11.2. The second-order valence-electron chi connectivity index (χ2n) is 8.41. The van der Waals surface area contributed by atoms with Gasteiger partial charge in [-0.15, -0.1) is 24.0 Å². The van der Waals surface area contributed by atoms with Gasteiger partial charge in [-0.25, -0.2) is 0 Å². The normalized spacial score (nSPS) is 25.7. The highest BCUT2D eigenvalue weighted by molar-refractivity contribution is 14.0. The number of hydrogen-bond donors (Lipinski definition) is 2. The molecule has 0 radical (unpaired) electrons. The highest BCUT2D eigenvalue weighted by Crippen LogP contribution is 2.26. The number of halogens is 1. The summed E-state index contributed by atoms with van der Waals surface area (Å²) in [6.45, 7) is 5.77. The number of carbonyl (C=O) groups excluding carboxylic acids is 1. The van der Waals surface area contributed by atoms with Gasteiger partial charge in [-0.05, 0) is 32.1 Å². The minimum atomic E-state index is 0. The van der Waals surface area contributed by atoms with Gasteiger partial charge in [0.15, 0.2) is 5.96 Å². The second kappa shape index (κ2) is 13.6. The first-order chi connectivity index (χ1) is 13.8. The van der Waals surface area contributed by atoms with Gasteiger partial charge in [0.05, 0.1) is 13.2 Å². The molecule has 1 aliphatic carbocycles. The molecule has 3 aliphatic rings. The number of nitrogens with one attached hydrogen (secondary N) is 2. The van der Waals surface area contributed by atoms with Crippen molar-refractivity contribution >= 4 is 35.8 Å². The van der Waals surface area contributed by atoms with Gasteiger partial charge in [-0.2, -0.15) is 0 Å². The van der Waals surface area contributed by atoms with Gasteiger partial charge in [0, 0.05) is 57.8 Å². The van der Waals surface area contributed by atoms with Gasteiger partial charge in [0.1, 0.15) is 0 Å². The molecule has 0 aromatic rings. The van der Waals surface area contributed by atoms with E-state index in [4.69, 9.17) is 9.47 Å². The van der Waals surface area contributed by atoms with Crippen LogP contribution in [0.1, 0.15) is 51.4 Å². The Balaban J connectivity index is 0.00000300. The minimum Gasteiger partial charge on any atom is -0.381 e. The third-order valence-electron chi connectivity index (χ3n) is 6.15. The monoisotopic (exact) mass is 522 g/mol. The molecule has 2 heterocycles. The van der Waals surface area contributed by atoms with Crippen molar-refractivity contribution < 1.29 is 14.3 Å². The molecule has 0 spiro atoms. The zero-order valence-corrected chi connectivity index (χ0v) is 20.2. The lowest BCUT2D eigenvalue weighted by molar-refractivity contribution is -0.135. The minimum absolute atomic E-state index is 0. The fourth-order valence-electron chi connectivity index (χ4n) is 4.42. The van der Waals surface area contributed by atoms with Crippen LogP contribution < -0.4 is 10.6 Å². The molecule has 8 heteroatoms. The summed E-state index contributed by atoms with van der Waals surface area (Å²) < 4.78 is 11.1. The second-order valence-corrected chi connectivity index (χ2v) is 8.41. The Labute approximate surface area is 192 Å². The van der Waals surface area contributed by atoms with Gasteiger partial charge in [0.2, 0.25) is 5.91 Å². The summed E-state index contributed by atoms with van der Waals surface area (Å²) in [5.41, 5.74) is 0. The number of carbonyl (C=O) groups is 1. The van der Waals surface area contributed by atoms with E-state index in [1.165, 1.54) is 19.3 Å². The van der Waals surface area contributed by atoms with Crippen molar-refractivity contribution in [3.05, 3.63) is 0 Å². The molecular formula is C21H39IN4O3. The predicted octanol–water partition coefficient (Wildman–Crippen LogP) is 2.39. The van der Waals surface area contributed by atoms with Gasteiger partial charge >= 0.3 is 0 Å². The van der Waals surface area contributed by atoms with E-state index in [1.54, 1.807) is 7.05 Å². The zero-order valence-electron chi connectivity index (χ0n) is 17.9. The molecule has 2 aliphatic heterocycles. The Hall–Kier alpha value is -0.610. The van der Waals surface area contributed by atoms with E-state index in [-0.39, 0.29) is 35.9 Å². The number of hydrogen-bond acceptors (Lipinski definition) is 4. The maximum Gasteiger partial charge on any atom is 0.225 e. The smallest absolute Gasteiger partial charge is 0.225 e. The van der Waals surface area contributed by atoms with Crippen molar-refractivity contribution in [1.82, 2.24) is 15.5 Å². The van der Waals surface area contributed by atoms with Crippen LogP contribution in [0.3, 0.4) is 0 Å². The van der Waals surface area contributed by atoms with Crippen molar-refractivity contribution in [3.8, 4) is 0 Å². The Bertz CT molecular complexity index is 508. The molecule has 7 nitrogen and oxygen atoms in total. The van der Waals surface area contributed by atoms with Crippen molar-refractivity contribution in [3.63, 3.8) is 0 Å². The highest BCUT2D eigenvalue weighted by atomic mass is 127. The number of amides is 1. The Kier molecular flexibility index (Phi) is 11.6. The number of aliphatic imine (C=N–C) groups is 1. The molecule has 29 heavy (non-hydrogen) atoms. The van der Waals surface area contributed by atoms with Crippen LogP contribution in [0.15, 0.2) is 4.99 Å². The molecule has 3 rings (SSSR count). The van der Waals surface area contributed by atoms with E-state index >= 15 is 0 Å². The van der Waals surface area contributed by atoms with E-state index in [0.717, 1.165) is 84.1 Å². The van der Waals surface area contributed by atoms with Crippen molar-refractivity contribution in [2.75, 3.05) is 53.1 Å². The van der Waals surface area contributed by atoms with Crippen LogP contribution in [0.5, 0.6) is 0 Å². The van der Waals surface area contributed by atoms with Gasteiger partial charge in [-0.1, -0.05) is 19.3 Å². The number of rotatable bonds is 8. The number of nitrogens with zero attached hydrogens (tertiary/aromatic N) is 2. The zero-order chi connectivity index (χ0) is 19.6. The lowest BCUT2D eigenvalue weighted by atomic mass is 9.88. The summed E-state index contributed by atoms with van der Waals surface area (Å²) in [6.07, 6.45) is 8.92. The molecule has 2 saturated heterocycles. The molecular weight excluding hydrogens is 483 g/mol. The average Bonchev–Trinajstić information content (AvgIpc) is 3.42. The van der Waals surface area contributed by atoms with Crippen LogP contribution in [0, 0.1) is 11.8 Å². The lowest BCUT2D eigenvalue weighted by Crippen LogP contribution is -2.45. The molecule has 168 valence electrons. The van der Waals surface area contributed by atoms with Gasteiger partial charge < -0.3 is 25.0 Å². The fourth-order valence-corrected chi connectivity index (χ4v) is 4.42. The van der Waals surface area contributed by atoms with E-state index in [1.807, 2.05) is 0 Å². The topological polar surface area (TPSA) is 75.2 Å². The largest absolute Gasteiger partial charge is 0.381 e. The number of ether oxygens (including phenoxy) is 2. The van der Waals surface area contributed by atoms with Crippen LogP contribution in [-0.4, -0.2) is 75.9 Å². The Morgan fingerprint density at radius 3 is 2.76 bits per heavy atom. The summed E-state index contributed by atoms with van der Waals surface area (Å²) in [7, 11) is 1.80. The van der Waals surface area contributed by atoms with Gasteiger partial charge in [0.25, 0.3) is 0 Å². The molecule has 2 atom stereocenters. The average molecular weight is 522 g/mol. The van der Waals surface area contributed by atoms with Crippen LogP contribution >= 0.6 is 24.0 Å². The number of likely N-dealkylation sites (tertiary alicyclic amines) is 1. The lowest BCUT2D eigenvalue weighted by Gasteiger charge is -2.26. The van der Waals surface area contributed by atoms with Crippen molar-refractivity contribution in [2.24, 2.45) is 16.8 Å². The fraction of sp³-hybridized carbons (Fsp3) is 0.905. The summed E-state index contributed by atoms with van der Waals surface area (Å²) in [6, 6.07) is 0.289. The maximum absolute atomic E-state index is 12.7. The van der Waals surface area contributed by atoms with E-state index in [2.05, 4.69) is 20.5 Å². The van der Waals surface area contributed by atoms with Crippen LogP contribution in [-0.2, 0) is 14.3 Å². The van der Waals surface area contributed by atoms with Crippen molar-refractivity contribution in [2.45, 2.75) is 57.4 Å². The Morgan fingerprint density at radius 1 is 1.21 bits per heavy atom. The van der Waals surface area contributed by atoms with Crippen LogP contribution in [0.25, 0.3) is 0 Å². The standard InChI is InChI=1S/C21H38N4O3.HI/c1-22-21(23-10-5-12-27-15-17-9-13-28-16-17)24-19-8-11-25(14-19)20(26)18-6-3-2-4-7-18;/h17-19H,2-16H2,1H3,(H2,22,23,24);1H. The molecule has 2 unspecified atom stereocenters. The molecule has 0 bridgehead atoms. The summed E-state index contributed by atoms with van der Waals surface area (Å²) in [4.78, 5) is 19.1. The quantitative estimate of drug-likeness (QED) is 0.222. The van der Waals surface area contributed by atoms with E-state index in [9.17, 15) is 4.79 Å². The maximum atomic E-state index is 12.7. The molecule has 3 fully saturated rings. The van der Waals surface area contributed by atoms with Crippen LogP contribution in [0.4, 0.5) is 0 Å². The predicted molar refractivity (Wildman–Crippen MR) is 126 cm³/mol. The van der Waals surface area contributed by atoms with Gasteiger partial charge in [-0.3, -0.25) is 9.79 Å². The van der Waals surface area contributed by atoms with E-state index < -0.39 is 0 Å². The number of guanidine groups is 1. The van der Waals surface area contributed by atoms with Crippen LogP contribution in [0.2, 0.25) is 0 Å². The van der Waals surface area contributed by atoms with Crippen molar-refractivity contribution in [1.29, 1.82) is 0 Å². The SMILES string of the molecule is CN=C(NCCCOCC1CCOC1)NC1CCN(C(=O)C2CCCCC2)C1.I. The third kappa shape index (κ3) is 8.20. The first kappa shape index (κ1) is 24.7. The third-order valence-corrected chi connectivity index (χ3v) is 6.15. The summed E-state index contributed by atoms with van der Waals surface area (Å²) in [5, 5.41) is 6.84. The summed E-state index contributed by atoms with van der Waals surface area (Å²) >= 11 is 0. The highest BCUT2D eigenvalue weighted by Gasteiger charge is 2.31. The molecule has 1 amide bonds. The van der Waals surface area contributed by atoms with E-state index in [0.29, 0.717) is 11.8 Å². The molecule has 2 N–H and O–H groups in total. The molecule has 0 aromatic heterocycles. The molecule has 1 saturated carbocycles. The Morgan fingerprint density at radius 2 is 2.03 bits per heavy atom. The first-order valence-electron chi connectivity index (χ1n) is 11.2. The summed E-state index contributed by atoms with van der Waals surface area (Å²) in [5.74, 6) is 2.03. The molecule has 0 aromatic carbocycles.